The first-order valence-corrected chi connectivity index (χ1v) is 10.1. The Morgan fingerprint density at radius 2 is 1.84 bits per heavy atom. The van der Waals surface area contributed by atoms with E-state index < -0.39 is 11.7 Å². The summed E-state index contributed by atoms with van der Waals surface area (Å²) in [6.45, 7) is 2.80. The van der Waals surface area contributed by atoms with Crippen molar-refractivity contribution in [1.82, 2.24) is 19.9 Å². The number of nitrogens with one attached hydrogen (secondary N) is 3. The maximum atomic E-state index is 12.8. The Balaban J connectivity index is 1.59. The number of anilines is 3. The van der Waals surface area contributed by atoms with E-state index in [0.29, 0.717) is 29.6 Å². The second-order valence-corrected chi connectivity index (χ2v) is 7.79. The molecule has 7 nitrogen and oxygen atoms in total. The van der Waals surface area contributed by atoms with Crippen LogP contribution in [0.3, 0.4) is 0 Å². The molecule has 0 aliphatic carbocycles. The van der Waals surface area contributed by atoms with Crippen LogP contribution in [-0.4, -0.2) is 46.5 Å². The molecule has 4 rings (SSSR count). The topological polar surface area (TPSA) is 85.9 Å². The van der Waals surface area contributed by atoms with Gasteiger partial charge in [0.05, 0.1) is 11.1 Å². The molecular weight excluding hydrogens is 409 g/mol. The number of halogens is 3. The van der Waals surface area contributed by atoms with Crippen molar-refractivity contribution in [1.29, 1.82) is 0 Å². The normalized spacial score (nSPS) is 15.9. The lowest BCUT2D eigenvalue weighted by Gasteiger charge is -2.28. The van der Waals surface area contributed by atoms with Gasteiger partial charge in [0.15, 0.2) is 0 Å². The number of piperidine rings is 1. The fourth-order valence-electron chi connectivity index (χ4n) is 3.64. The number of rotatable bonds is 5. The summed E-state index contributed by atoms with van der Waals surface area (Å²) in [6, 6.07) is 6.24. The fraction of sp³-hybridized carbons (Fsp3) is 0.381. The predicted octanol–water partition coefficient (Wildman–Crippen LogP) is 3.83. The van der Waals surface area contributed by atoms with Gasteiger partial charge in [0, 0.05) is 18.4 Å². The number of fused-ring (bicyclic) bond motifs is 1. The van der Waals surface area contributed by atoms with Crippen molar-refractivity contribution in [3.63, 3.8) is 0 Å². The first-order chi connectivity index (χ1) is 14.8. The summed E-state index contributed by atoms with van der Waals surface area (Å²) < 4.78 is 38.5. The van der Waals surface area contributed by atoms with Gasteiger partial charge in [0.1, 0.15) is 11.2 Å². The number of aromatic amines is 1. The molecule has 1 saturated heterocycles. The number of alkyl halides is 3. The third-order valence-corrected chi connectivity index (χ3v) is 5.48. The first-order valence-electron chi connectivity index (χ1n) is 10.1. The Bertz CT molecular complexity index is 1100. The van der Waals surface area contributed by atoms with Gasteiger partial charge in [-0.15, -0.1) is 0 Å². The van der Waals surface area contributed by atoms with Crippen molar-refractivity contribution < 1.29 is 13.2 Å². The Kier molecular flexibility index (Phi) is 5.81. The van der Waals surface area contributed by atoms with E-state index in [1.54, 1.807) is 6.07 Å². The highest BCUT2D eigenvalue weighted by molar-refractivity contribution is 5.90. The molecule has 1 aliphatic rings. The van der Waals surface area contributed by atoms with E-state index >= 15 is 0 Å². The second kappa shape index (κ2) is 8.54. The quantitative estimate of drug-likeness (QED) is 0.568. The van der Waals surface area contributed by atoms with Crippen molar-refractivity contribution >= 4 is 28.4 Å². The lowest BCUT2D eigenvalue weighted by atomic mass is 9.97. The molecule has 0 unspecified atom stereocenters. The van der Waals surface area contributed by atoms with Gasteiger partial charge in [-0.1, -0.05) is 0 Å². The van der Waals surface area contributed by atoms with Crippen LogP contribution in [0.1, 0.15) is 18.4 Å². The van der Waals surface area contributed by atoms with Gasteiger partial charge in [0.2, 0.25) is 5.95 Å². The lowest BCUT2D eigenvalue weighted by molar-refractivity contribution is -0.137. The summed E-state index contributed by atoms with van der Waals surface area (Å²) in [6.07, 6.45) is -0.760. The minimum Gasteiger partial charge on any atom is -0.354 e. The summed E-state index contributed by atoms with van der Waals surface area (Å²) in [5, 5.41) is 6.46. The number of pyridine rings is 1. The molecule has 10 heteroatoms. The minimum atomic E-state index is -4.41. The Morgan fingerprint density at radius 1 is 1.13 bits per heavy atom. The standard InChI is InChI=1S/C21H23F3N6O/c1-30-10-7-13(8-11-30)12-26-20-28-16-6-9-25-19(31)17(16)18(29-20)27-15-4-2-14(3-5-15)21(22,23)24/h2-6,9,13H,7-8,10-12H2,1H3,(H,25,31)(H2,26,27,28,29). The van der Waals surface area contributed by atoms with Gasteiger partial charge in [-0.2, -0.15) is 18.2 Å². The molecule has 0 bridgehead atoms. The minimum absolute atomic E-state index is 0.234. The molecule has 1 fully saturated rings. The van der Waals surface area contributed by atoms with Crippen LogP contribution in [0.2, 0.25) is 0 Å². The molecule has 31 heavy (non-hydrogen) atoms. The zero-order valence-corrected chi connectivity index (χ0v) is 17.0. The molecule has 164 valence electrons. The molecule has 3 N–H and O–H groups in total. The number of nitrogens with zero attached hydrogens (tertiary/aromatic N) is 3. The van der Waals surface area contributed by atoms with Crippen molar-refractivity contribution in [2.75, 3.05) is 37.3 Å². The predicted molar refractivity (Wildman–Crippen MR) is 114 cm³/mol. The highest BCUT2D eigenvalue weighted by Gasteiger charge is 2.30. The van der Waals surface area contributed by atoms with Gasteiger partial charge in [-0.05, 0) is 69.2 Å². The number of hydrogen-bond acceptors (Lipinski definition) is 6. The van der Waals surface area contributed by atoms with Gasteiger partial charge < -0.3 is 20.5 Å². The van der Waals surface area contributed by atoms with Crippen LogP contribution in [0.25, 0.3) is 10.9 Å². The smallest absolute Gasteiger partial charge is 0.354 e. The third-order valence-electron chi connectivity index (χ3n) is 5.48. The third kappa shape index (κ3) is 4.96. The maximum absolute atomic E-state index is 12.8. The molecule has 0 amide bonds. The Labute approximate surface area is 176 Å². The van der Waals surface area contributed by atoms with Crippen LogP contribution >= 0.6 is 0 Å². The maximum Gasteiger partial charge on any atom is 0.416 e. The van der Waals surface area contributed by atoms with E-state index in [4.69, 9.17) is 0 Å². The van der Waals surface area contributed by atoms with Crippen LogP contribution in [0.15, 0.2) is 41.3 Å². The number of H-pyrrole nitrogens is 1. The van der Waals surface area contributed by atoms with Gasteiger partial charge in [-0.3, -0.25) is 4.79 Å². The highest BCUT2D eigenvalue weighted by atomic mass is 19.4. The van der Waals surface area contributed by atoms with Gasteiger partial charge in [-0.25, -0.2) is 4.98 Å². The lowest BCUT2D eigenvalue weighted by Crippen LogP contribution is -2.33. The molecule has 2 aromatic heterocycles. The van der Waals surface area contributed by atoms with Crippen LogP contribution in [0.5, 0.6) is 0 Å². The van der Waals surface area contributed by atoms with Crippen LogP contribution in [0.4, 0.5) is 30.6 Å². The van der Waals surface area contributed by atoms with Crippen molar-refractivity contribution in [2.24, 2.45) is 5.92 Å². The van der Waals surface area contributed by atoms with E-state index in [-0.39, 0.29) is 16.8 Å². The Hall–Kier alpha value is -3.14. The van der Waals surface area contributed by atoms with Gasteiger partial charge in [0.25, 0.3) is 5.56 Å². The summed E-state index contributed by atoms with van der Waals surface area (Å²) >= 11 is 0. The van der Waals surface area contributed by atoms with Crippen LogP contribution in [0, 0.1) is 5.92 Å². The average molecular weight is 432 g/mol. The number of benzene rings is 1. The van der Waals surface area contributed by atoms with E-state index in [1.807, 2.05) is 0 Å². The van der Waals surface area contributed by atoms with E-state index in [2.05, 4.69) is 37.5 Å². The number of aromatic nitrogens is 3. The fourth-order valence-corrected chi connectivity index (χ4v) is 3.64. The largest absolute Gasteiger partial charge is 0.416 e. The zero-order chi connectivity index (χ0) is 22.0. The summed E-state index contributed by atoms with van der Waals surface area (Å²) in [4.78, 5) is 26.1. The van der Waals surface area contributed by atoms with Crippen molar-refractivity contribution in [2.45, 2.75) is 19.0 Å². The van der Waals surface area contributed by atoms with Crippen molar-refractivity contribution in [3.05, 3.63) is 52.4 Å². The molecule has 0 atom stereocenters. The molecule has 3 aromatic rings. The molecule has 0 spiro atoms. The first kappa shape index (κ1) is 21.1. The van der Waals surface area contributed by atoms with E-state index in [0.717, 1.165) is 38.1 Å². The second-order valence-electron chi connectivity index (χ2n) is 7.79. The molecule has 3 heterocycles. The van der Waals surface area contributed by atoms with E-state index in [9.17, 15) is 18.0 Å². The average Bonchev–Trinajstić information content (AvgIpc) is 2.73. The van der Waals surface area contributed by atoms with Gasteiger partial charge >= 0.3 is 6.18 Å². The van der Waals surface area contributed by atoms with Crippen molar-refractivity contribution in [3.8, 4) is 0 Å². The number of hydrogen-bond donors (Lipinski definition) is 3. The van der Waals surface area contributed by atoms with Crippen LogP contribution < -0.4 is 16.2 Å². The summed E-state index contributed by atoms with van der Waals surface area (Å²) in [7, 11) is 2.10. The van der Waals surface area contributed by atoms with E-state index in [1.165, 1.54) is 18.3 Å². The zero-order valence-electron chi connectivity index (χ0n) is 17.0. The molecule has 0 saturated carbocycles. The molecule has 0 radical (unpaired) electrons. The monoisotopic (exact) mass is 432 g/mol. The molecule has 1 aliphatic heterocycles. The molecular formula is C21H23F3N6O. The SMILES string of the molecule is CN1CCC(CNc2nc(Nc3ccc(C(F)(F)F)cc3)c3c(=O)[nH]ccc3n2)CC1. The summed E-state index contributed by atoms with van der Waals surface area (Å²) in [5.41, 5.74) is -0.297. The summed E-state index contributed by atoms with van der Waals surface area (Å²) in [5.74, 6) is 1.10. The van der Waals surface area contributed by atoms with Crippen LogP contribution in [-0.2, 0) is 6.18 Å². The Morgan fingerprint density at radius 3 is 2.52 bits per heavy atom. The number of likely N-dealkylation sites (tertiary alicyclic amines) is 1. The molecule has 1 aromatic carbocycles. The highest BCUT2D eigenvalue weighted by Crippen LogP contribution is 2.31.